The lowest BCUT2D eigenvalue weighted by Crippen LogP contribution is -2.05. The number of hydrogen-bond acceptors (Lipinski definition) is 4. The summed E-state index contributed by atoms with van der Waals surface area (Å²) in [7, 11) is 0. The van der Waals surface area contributed by atoms with Crippen LogP contribution < -0.4 is 0 Å². The number of halogens is 1. The average molecular weight is 246 g/mol. The van der Waals surface area contributed by atoms with Gasteiger partial charge in [-0.1, -0.05) is 6.07 Å². The molecule has 5 heteroatoms. The molecule has 0 aromatic carbocycles. The molecule has 1 N–H and O–H groups in total. The van der Waals surface area contributed by atoms with Crippen LogP contribution in [-0.2, 0) is 22.6 Å². The number of aromatic nitrogens is 1. The standard InChI is InChI=1S/C11H15NO3.ClH/c1-2-15-11(14)6-4-9-3-5-10(8-13)12-7-9;/h3,5,7,13H,2,4,6,8H2,1H3;1H. The van der Waals surface area contributed by atoms with Gasteiger partial charge in [0.15, 0.2) is 0 Å². The van der Waals surface area contributed by atoms with E-state index >= 15 is 0 Å². The van der Waals surface area contributed by atoms with E-state index < -0.39 is 0 Å². The zero-order chi connectivity index (χ0) is 11.1. The van der Waals surface area contributed by atoms with Gasteiger partial charge >= 0.3 is 5.97 Å². The first-order chi connectivity index (χ1) is 7.26. The van der Waals surface area contributed by atoms with Crippen molar-refractivity contribution >= 4 is 18.4 Å². The van der Waals surface area contributed by atoms with Crippen molar-refractivity contribution in [2.24, 2.45) is 0 Å². The number of hydrogen-bond donors (Lipinski definition) is 1. The van der Waals surface area contributed by atoms with Crippen LogP contribution in [-0.4, -0.2) is 22.7 Å². The summed E-state index contributed by atoms with van der Waals surface area (Å²) < 4.78 is 4.81. The van der Waals surface area contributed by atoms with Gasteiger partial charge in [-0.25, -0.2) is 0 Å². The molecule has 1 heterocycles. The summed E-state index contributed by atoms with van der Waals surface area (Å²) in [5.41, 5.74) is 1.61. The van der Waals surface area contributed by atoms with Crippen molar-refractivity contribution in [3.63, 3.8) is 0 Å². The van der Waals surface area contributed by atoms with Gasteiger partial charge in [0.05, 0.1) is 18.9 Å². The lowest BCUT2D eigenvalue weighted by molar-refractivity contribution is -0.143. The summed E-state index contributed by atoms with van der Waals surface area (Å²) in [5, 5.41) is 8.78. The molecule has 0 aliphatic carbocycles. The Balaban J connectivity index is 0.00000225. The van der Waals surface area contributed by atoms with Crippen LogP contribution >= 0.6 is 12.4 Å². The largest absolute Gasteiger partial charge is 0.466 e. The van der Waals surface area contributed by atoms with E-state index in [1.807, 2.05) is 6.07 Å². The predicted octanol–water partition coefficient (Wildman–Crippen LogP) is 1.49. The van der Waals surface area contributed by atoms with Crippen molar-refractivity contribution in [1.29, 1.82) is 0 Å². The quantitative estimate of drug-likeness (QED) is 0.799. The van der Waals surface area contributed by atoms with Crippen LogP contribution in [0.5, 0.6) is 0 Å². The predicted molar refractivity (Wildman–Crippen MR) is 62.4 cm³/mol. The molecule has 90 valence electrons. The summed E-state index contributed by atoms with van der Waals surface area (Å²) in [5.74, 6) is -0.191. The maximum Gasteiger partial charge on any atom is 0.306 e. The molecule has 0 saturated heterocycles. The molecule has 1 aromatic rings. The smallest absolute Gasteiger partial charge is 0.306 e. The fraction of sp³-hybridized carbons (Fsp3) is 0.455. The maximum atomic E-state index is 11.1. The number of nitrogens with zero attached hydrogens (tertiary/aromatic N) is 1. The third-order valence-corrected chi connectivity index (χ3v) is 1.97. The van der Waals surface area contributed by atoms with Gasteiger partial charge < -0.3 is 9.84 Å². The van der Waals surface area contributed by atoms with E-state index in [0.717, 1.165) is 5.56 Å². The molecule has 0 radical (unpaired) electrons. The molecule has 1 rings (SSSR count). The minimum Gasteiger partial charge on any atom is -0.466 e. The highest BCUT2D eigenvalue weighted by molar-refractivity contribution is 5.85. The van der Waals surface area contributed by atoms with Crippen LogP contribution in [0.3, 0.4) is 0 Å². The van der Waals surface area contributed by atoms with E-state index in [1.165, 1.54) is 0 Å². The van der Waals surface area contributed by atoms with Crippen LogP contribution in [0.25, 0.3) is 0 Å². The van der Waals surface area contributed by atoms with Crippen molar-refractivity contribution in [3.05, 3.63) is 29.6 Å². The topological polar surface area (TPSA) is 59.4 Å². The Morgan fingerprint density at radius 1 is 1.50 bits per heavy atom. The minimum absolute atomic E-state index is 0. The Hall–Kier alpha value is -1.13. The molecule has 0 aliphatic rings. The maximum absolute atomic E-state index is 11.1. The Kier molecular flexibility index (Phi) is 7.50. The van der Waals surface area contributed by atoms with E-state index in [4.69, 9.17) is 9.84 Å². The molecule has 0 unspecified atom stereocenters. The number of aliphatic hydroxyl groups excluding tert-OH is 1. The first kappa shape index (κ1) is 14.9. The Morgan fingerprint density at radius 2 is 2.25 bits per heavy atom. The van der Waals surface area contributed by atoms with Gasteiger partial charge in [-0.3, -0.25) is 9.78 Å². The minimum atomic E-state index is -0.191. The number of aliphatic hydroxyl groups is 1. The van der Waals surface area contributed by atoms with Gasteiger partial charge in [0, 0.05) is 12.6 Å². The molecular formula is C11H16ClNO3. The Bertz CT molecular complexity index is 314. The average Bonchev–Trinajstić information content (AvgIpc) is 2.27. The fourth-order valence-electron chi connectivity index (χ4n) is 1.18. The van der Waals surface area contributed by atoms with E-state index in [1.54, 1.807) is 19.2 Å². The highest BCUT2D eigenvalue weighted by atomic mass is 35.5. The zero-order valence-corrected chi connectivity index (χ0v) is 10.00. The molecule has 0 bridgehead atoms. The third kappa shape index (κ3) is 5.09. The van der Waals surface area contributed by atoms with E-state index in [-0.39, 0.29) is 25.0 Å². The normalized spacial score (nSPS) is 9.38. The molecular weight excluding hydrogens is 230 g/mol. The molecule has 0 fully saturated rings. The van der Waals surface area contributed by atoms with Gasteiger partial charge in [-0.05, 0) is 25.0 Å². The molecule has 0 atom stereocenters. The fourth-order valence-corrected chi connectivity index (χ4v) is 1.18. The number of ether oxygens (including phenoxy) is 1. The SMILES string of the molecule is CCOC(=O)CCc1ccc(CO)nc1.Cl. The van der Waals surface area contributed by atoms with Crippen LogP contribution in [0.15, 0.2) is 18.3 Å². The van der Waals surface area contributed by atoms with Crippen LogP contribution in [0.4, 0.5) is 0 Å². The Morgan fingerprint density at radius 3 is 2.75 bits per heavy atom. The van der Waals surface area contributed by atoms with Gasteiger partial charge in [0.2, 0.25) is 0 Å². The first-order valence-corrected chi connectivity index (χ1v) is 4.96. The van der Waals surface area contributed by atoms with Crippen LogP contribution in [0.2, 0.25) is 0 Å². The lowest BCUT2D eigenvalue weighted by Gasteiger charge is -2.02. The second kappa shape index (κ2) is 8.07. The van der Waals surface area contributed by atoms with Crippen LogP contribution in [0.1, 0.15) is 24.6 Å². The second-order valence-corrected chi connectivity index (χ2v) is 3.12. The number of carbonyl (C=O) groups is 1. The molecule has 0 saturated carbocycles. The number of carbonyl (C=O) groups excluding carboxylic acids is 1. The van der Waals surface area contributed by atoms with E-state index in [2.05, 4.69) is 4.98 Å². The van der Waals surface area contributed by atoms with Crippen molar-refractivity contribution in [2.45, 2.75) is 26.4 Å². The molecule has 0 aliphatic heterocycles. The van der Waals surface area contributed by atoms with Gasteiger partial charge in [-0.15, -0.1) is 12.4 Å². The van der Waals surface area contributed by atoms with Crippen molar-refractivity contribution in [1.82, 2.24) is 4.98 Å². The summed E-state index contributed by atoms with van der Waals surface area (Å²) in [4.78, 5) is 15.1. The van der Waals surface area contributed by atoms with Crippen molar-refractivity contribution in [3.8, 4) is 0 Å². The highest BCUT2D eigenvalue weighted by Gasteiger charge is 2.02. The highest BCUT2D eigenvalue weighted by Crippen LogP contribution is 2.04. The first-order valence-electron chi connectivity index (χ1n) is 4.96. The monoisotopic (exact) mass is 245 g/mol. The molecule has 0 amide bonds. The summed E-state index contributed by atoms with van der Waals surface area (Å²) in [6.45, 7) is 2.15. The third-order valence-electron chi connectivity index (χ3n) is 1.97. The Labute approximate surface area is 101 Å². The zero-order valence-electron chi connectivity index (χ0n) is 9.18. The molecule has 4 nitrogen and oxygen atoms in total. The van der Waals surface area contributed by atoms with Gasteiger partial charge in [0.1, 0.15) is 0 Å². The second-order valence-electron chi connectivity index (χ2n) is 3.12. The lowest BCUT2D eigenvalue weighted by atomic mass is 10.1. The van der Waals surface area contributed by atoms with E-state index in [9.17, 15) is 4.79 Å². The molecule has 16 heavy (non-hydrogen) atoms. The van der Waals surface area contributed by atoms with Crippen LogP contribution in [0, 0.1) is 0 Å². The van der Waals surface area contributed by atoms with Crippen molar-refractivity contribution in [2.75, 3.05) is 6.61 Å². The number of pyridine rings is 1. The van der Waals surface area contributed by atoms with Gasteiger partial charge in [0.25, 0.3) is 0 Å². The summed E-state index contributed by atoms with van der Waals surface area (Å²) in [6.07, 6.45) is 2.66. The number of rotatable bonds is 5. The van der Waals surface area contributed by atoms with E-state index in [0.29, 0.717) is 25.1 Å². The number of aryl methyl sites for hydroxylation is 1. The molecule has 0 spiro atoms. The summed E-state index contributed by atoms with van der Waals surface area (Å²) >= 11 is 0. The summed E-state index contributed by atoms with van der Waals surface area (Å²) in [6, 6.07) is 3.61. The van der Waals surface area contributed by atoms with Crippen molar-refractivity contribution < 1.29 is 14.6 Å². The molecule has 1 aromatic heterocycles. The number of esters is 1. The van der Waals surface area contributed by atoms with Gasteiger partial charge in [-0.2, -0.15) is 0 Å².